The van der Waals surface area contributed by atoms with Crippen LogP contribution in [-0.4, -0.2) is 31.0 Å². The first kappa shape index (κ1) is 18.3. The van der Waals surface area contributed by atoms with E-state index in [4.69, 9.17) is 9.47 Å². The van der Waals surface area contributed by atoms with Gasteiger partial charge in [0.25, 0.3) is 0 Å². The second-order valence-corrected chi connectivity index (χ2v) is 6.00. The Morgan fingerprint density at radius 2 is 1.63 bits per heavy atom. The largest absolute Gasteiger partial charge is 0.493 e. The number of aromatic nitrogens is 1. The molecule has 3 rings (SSSR count). The standard InChI is InChI=1S/C20H21N3O4/c1-26-17-8-7-13(9-18(17)27-2)10-19(24)22-23-20(25)11-14-12-21-16-6-4-3-5-15(14)16/h3-9,12,21H,10-11H2,1-2H3,(H,22,24)(H,23,25). The van der Waals surface area contributed by atoms with E-state index in [1.807, 2.05) is 24.3 Å². The van der Waals surface area contributed by atoms with Crippen LogP contribution in [0.1, 0.15) is 11.1 Å². The van der Waals surface area contributed by atoms with E-state index in [1.54, 1.807) is 31.5 Å². The minimum Gasteiger partial charge on any atom is -0.493 e. The van der Waals surface area contributed by atoms with Gasteiger partial charge < -0.3 is 14.5 Å². The van der Waals surface area contributed by atoms with Gasteiger partial charge in [0.2, 0.25) is 11.8 Å². The molecule has 0 aliphatic carbocycles. The maximum absolute atomic E-state index is 12.1. The molecule has 140 valence electrons. The number of hydrazine groups is 1. The second-order valence-electron chi connectivity index (χ2n) is 6.00. The number of carbonyl (C=O) groups is 2. The zero-order chi connectivity index (χ0) is 19.2. The number of hydrogen-bond donors (Lipinski definition) is 3. The van der Waals surface area contributed by atoms with E-state index in [1.165, 1.54) is 7.11 Å². The van der Waals surface area contributed by atoms with Crippen molar-refractivity contribution in [1.82, 2.24) is 15.8 Å². The van der Waals surface area contributed by atoms with Crippen molar-refractivity contribution in [1.29, 1.82) is 0 Å². The first-order valence-electron chi connectivity index (χ1n) is 8.44. The minimum atomic E-state index is -0.325. The molecule has 1 aromatic heterocycles. The lowest BCUT2D eigenvalue weighted by Crippen LogP contribution is -2.43. The summed E-state index contributed by atoms with van der Waals surface area (Å²) in [6.07, 6.45) is 2.07. The number of benzene rings is 2. The van der Waals surface area contributed by atoms with Gasteiger partial charge in [-0.1, -0.05) is 24.3 Å². The van der Waals surface area contributed by atoms with E-state index >= 15 is 0 Å². The maximum Gasteiger partial charge on any atom is 0.242 e. The lowest BCUT2D eigenvalue weighted by atomic mass is 10.1. The van der Waals surface area contributed by atoms with Gasteiger partial charge in [-0.15, -0.1) is 0 Å². The van der Waals surface area contributed by atoms with Crippen molar-refractivity contribution in [2.45, 2.75) is 12.8 Å². The van der Waals surface area contributed by atoms with Gasteiger partial charge in [0.15, 0.2) is 11.5 Å². The number of ether oxygens (including phenoxy) is 2. The van der Waals surface area contributed by atoms with Crippen LogP contribution in [0.5, 0.6) is 11.5 Å². The number of rotatable bonds is 6. The van der Waals surface area contributed by atoms with Crippen LogP contribution in [-0.2, 0) is 22.4 Å². The zero-order valence-electron chi connectivity index (χ0n) is 15.2. The number of amides is 2. The molecule has 0 radical (unpaired) electrons. The van der Waals surface area contributed by atoms with Gasteiger partial charge in [-0.25, -0.2) is 0 Å². The van der Waals surface area contributed by atoms with Crippen molar-refractivity contribution in [3.8, 4) is 11.5 Å². The Kier molecular flexibility index (Phi) is 5.61. The van der Waals surface area contributed by atoms with E-state index < -0.39 is 0 Å². The van der Waals surface area contributed by atoms with Crippen LogP contribution in [0.25, 0.3) is 10.9 Å². The summed E-state index contributed by atoms with van der Waals surface area (Å²) in [4.78, 5) is 27.3. The summed E-state index contributed by atoms with van der Waals surface area (Å²) in [7, 11) is 3.08. The summed E-state index contributed by atoms with van der Waals surface area (Å²) in [6.45, 7) is 0. The predicted octanol–water partition coefficient (Wildman–Crippen LogP) is 2.12. The van der Waals surface area contributed by atoms with Crippen molar-refractivity contribution in [2.24, 2.45) is 0 Å². The van der Waals surface area contributed by atoms with E-state index in [2.05, 4.69) is 15.8 Å². The number of carbonyl (C=O) groups excluding carboxylic acids is 2. The van der Waals surface area contributed by atoms with Crippen molar-refractivity contribution in [2.75, 3.05) is 14.2 Å². The summed E-state index contributed by atoms with van der Waals surface area (Å²) >= 11 is 0. The minimum absolute atomic E-state index is 0.105. The highest BCUT2D eigenvalue weighted by Gasteiger charge is 2.11. The van der Waals surface area contributed by atoms with Crippen LogP contribution in [0, 0.1) is 0 Å². The van der Waals surface area contributed by atoms with E-state index in [-0.39, 0.29) is 24.7 Å². The SMILES string of the molecule is COc1ccc(CC(=O)NNC(=O)Cc2c[nH]c3ccccc23)cc1OC. The summed E-state index contributed by atoms with van der Waals surface area (Å²) in [5, 5.41) is 0.990. The Balaban J connectivity index is 1.53. The summed E-state index contributed by atoms with van der Waals surface area (Å²) in [6, 6.07) is 13.0. The van der Waals surface area contributed by atoms with Crippen molar-refractivity contribution < 1.29 is 19.1 Å². The first-order chi connectivity index (χ1) is 13.1. The average Bonchev–Trinajstić information content (AvgIpc) is 3.09. The molecule has 0 fully saturated rings. The highest BCUT2D eigenvalue weighted by Crippen LogP contribution is 2.27. The number of H-pyrrole nitrogens is 1. The van der Waals surface area contributed by atoms with Crippen LogP contribution in [0.15, 0.2) is 48.7 Å². The molecule has 0 saturated carbocycles. The summed E-state index contributed by atoms with van der Waals surface area (Å²) < 4.78 is 10.4. The van der Waals surface area contributed by atoms with Gasteiger partial charge in [-0.05, 0) is 29.3 Å². The van der Waals surface area contributed by atoms with Crippen molar-refractivity contribution in [3.05, 3.63) is 59.8 Å². The Morgan fingerprint density at radius 3 is 2.37 bits per heavy atom. The molecule has 3 N–H and O–H groups in total. The van der Waals surface area contributed by atoms with Gasteiger partial charge in [0.05, 0.1) is 27.1 Å². The molecule has 27 heavy (non-hydrogen) atoms. The lowest BCUT2D eigenvalue weighted by molar-refractivity contribution is -0.128. The van der Waals surface area contributed by atoms with Gasteiger partial charge >= 0.3 is 0 Å². The molecule has 0 saturated heterocycles. The van der Waals surface area contributed by atoms with E-state index in [0.29, 0.717) is 11.5 Å². The molecule has 0 spiro atoms. The Hall–Kier alpha value is -3.48. The molecule has 7 nitrogen and oxygen atoms in total. The molecule has 0 bridgehead atoms. The fourth-order valence-corrected chi connectivity index (χ4v) is 2.85. The molecule has 0 atom stereocenters. The van der Waals surface area contributed by atoms with E-state index in [9.17, 15) is 9.59 Å². The molecule has 0 aliphatic rings. The molecule has 0 unspecified atom stereocenters. The van der Waals surface area contributed by atoms with Gasteiger partial charge in [-0.3, -0.25) is 20.4 Å². The van der Waals surface area contributed by atoms with Crippen LogP contribution >= 0.6 is 0 Å². The first-order valence-corrected chi connectivity index (χ1v) is 8.44. The molecular weight excluding hydrogens is 346 g/mol. The fraction of sp³-hybridized carbons (Fsp3) is 0.200. The number of para-hydroxylation sites is 1. The lowest BCUT2D eigenvalue weighted by Gasteiger charge is -2.10. The predicted molar refractivity (Wildman–Crippen MR) is 102 cm³/mol. The number of hydrogen-bond acceptors (Lipinski definition) is 4. The van der Waals surface area contributed by atoms with Crippen molar-refractivity contribution in [3.63, 3.8) is 0 Å². The Morgan fingerprint density at radius 1 is 0.926 bits per heavy atom. The maximum atomic E-state index is 12.1. The third-order valence-electron chi connectivity index (χ3n) is 4.18. The molecule has 1 heterocycles. The fourth-order valence-electron chi connectivity index (χ4n) is 2.85. The topological polar surface area (TPSA) is 92.5 Å². The number of methoxy groups -OCH3 is 2. The third kappa shape index (κ3) is 4.38. The monoisotopic (exact) mass is 367 g/mol. The molecule has 2 amide bonds. The van der Waals surface area contributed by atoms with Crippen LogP contribution in [0.4, 0.5) is 0 Å². The Labute approximate surface area is 156 Å². The second kappa shape index (κ2) is 8.27. The summed E-state index contributed by atoms with van der Waals surface area (Å²) in [5.41, 5.74) is 7.47. The van der Waals surface area contributed by atoms with Crippen LogP contribution < -0.4 is 20.3 Å². The van der Waals surface area contributed by atoms with Gasteiger partial charge in [0.1, 0.15) is 0 Å². The average molecular weight is 367 g/mol. The highest BCUT2D eigenvalue weighted by atomic mass is 16.5. The zero-order valence-corrected chi connectivity index (χ0v) is 15.2. The highest BCUT2D eigenvalue weighted by molar-refractivity contribution is 5.90. The molecule has 3 aromatic rings. The Bertz CT molecular complexity index is 965. The molecule has 7 heteroatoms. The molecular formula is C20H21N3O4. The van der Waals surface area contributed by atoms with E-state index in [0.717, 1.165) is 22.0 Å². The smallest absolute Gasteiger partial charge is 0.242 e. The van der Waals surface area contributed by atoms with Gasteiger partial charge in [0, 0.05) is 17.1 Å². The quantitative estimate of drug-likeness (QED) is 0.582. The van der Waals surface area contributed by atoms with Crippen LogP contribution in [0.3, 0.4) is 0 Å². The summed E-state index contributed by atoms with van der Waals surface area (Å²) in [5.74, 6) is 0.523. The van der Waals surface area contributed by atoms with Gasteiger partial charge in [-0.2, -0.15) is 0 Å². The number of nitrogens with one attached hydrogen (secondary N) is 3. The van der Waals surface area contributed by atoms with Crippen molar-refractivity contribution >= 4 is 22.7 Å². The van der Waals surface area contributed by atoms with Crippen LogP contribution in [0.2, 0.25) is 0 Å². The third-order valence-corrected chi connectivity index (χ3v) is 4.18. The molecule has 2 aromatic carbocycles. The number of aromatic amines is 1. The molecule has 0 aliphatic heterocycles. The number of fused-ring (bicyclic) bond motifs is 1. The normalized spacial score (nSPS) is 10.4.